The molecule has 2 aromatic heterocycles. The number of para-hydroxylation sites is 2. The van der Waals surface area contributed by atoms with Gasteiger partial charge in [0.1, 0.15) is 12.1 Å². The molecule has 0 aliphatic carbocycles. The van der Waals surface area contributed by atoms with E-state index in [9.17, 15) is 14.4 Å². The fourth-order valence-electron chi connectivity index (χ4n) is 4.73. The molecule has 1 aliphatic heterocycles. The van der Waals surface area contributed by atoms with Crippen LogP contribution in [-0.2, 0) is 17.8 Å². The van der Waals surface area contributed by atoms with Gasteiger partial charge in [0.2, 0.25) is 11.7 Å². The fraction of sp³-hybridized carbons (Fsp3) is 0.444. The number of aryl methyl sites for hydroxylation is 1. The summed E-state index contributed by atoms with van der Waals surface area (Å²) in [5, 5.41) is 6.12. The number of amides is 1. The van der Waals surface area contributed by atoms with E-state index in [-0.39, 0.29) is 30.4 Å². The van der Waals surface area contributed by atoms with E-state index in [1.54, 1.807) is 36.5 Å². The third-order valence-electron chi connectivity index (χ3n) is 6.80. The smallest absolute Gasteiger partial charge is 0.266 e. The van der Waals surface area contributed by atoms with Crippen molar-refractivity contribution in [2.45, 2.75) is 51.1 Å². The average molecular weight is 522 g/mol. The first-order valence-electron chi connectivity index (χ1n) is 13.0. The number of oxazole rings is 1. The number of hydrogen-bond acceptors (Lipinski definition) is 7. The molecular formula is C27H35N7O4. The maximum atomic E-state index is 13.3. The summed E-state index contributed by atoms with van der Waals surface area (Å²) in [6, 6.07) is 9.73. The van der Waals surface area contributed by atoms with Gasteiger partial charge < -0.3 is 31.1 Å². The Labute approximate surface area is 220 Å². The van der Waals surface area contributed by atoms with Gasteiger partial charge in [0, 0.05) is 18.3 Å². The molecule has 0 spiro atoms. The summed E-state index contributed by atoms with van der Waals surface area (Å²) in [5.74, 6) is -0.447. The first-order chi connectivity index (χ1) is 18.4. The quantitative estimate of drug-likeness (QED) is 0.120. The molecule has 202 valence electrons. The van der Waals surface area contributed by atoms with Crippen LogP contribution in [0.2, 0.25) is 0 Å². The number of Topliss-reactive ketones (excluding diaryl/α,β-unsaturated/α-hetero) is 1. The Morgan fingerprint density at radius 1 is 1.18 bits per heavy atom. The molecular weight excluding hydrogens is 486 g/mol. The van der Waals surface area contributed by atoms with E-state index in [1.807, 2.05) is 6.07 Å². The number of aliphatic imine (C=N–C) groups is 1. The predicted molar refractivity (Wildman–Crippen MR) is 145 cm³/mol. The summed E-state index contributed by atoms with van der Waals surface area (Å²) in [6.45, 7) is 2.12. The Balaban J connectivity index is 1.43. The van der Waals surface area contributed by atoms with Crippen LogP contribution >= 0.6 is 0 Å². The van der Waals surface area contributed by atoms with E-state index < -0.39 is 17.7 Å². The number of fused-ring (bicyclic) bond motifs is 1. The minimum absolute atomic E-state index is 0.0460. The topological polar surface area (TPSA) is 171 Å². The summed E-state index contributed by atoms with van der Waals surface area (Å²) in [4.78, 5) is 47.5. The van der Waals surface area contributed by atoms with Gasteiger partial charge in [0.15, 0.2) is 11.5 Å². The van der Waals surface area contributed by atoms with Crippen molar-refractivity contribution in [3.8, 4) is 0 Å². The van der Waals surface area contributed by atoms with Gasteiger partial charge in [0.05, 0.1) is 6.04 Å². The number of nitrogens with one attached hydrogen (secondary N) is 2. The zero-order valence-corrected chi connectivity index (χ0v) is 21.4. The number of carbonyl (C=O) groups is 2. The van der Waals surface area contributed by atoms with Gasteiger partial charge in [0.25, 0.3) is 11.4 Å². The van der Waals surface area contributed by atoms with Crippen LogP contribution in [0, 0.1) is 5.92 Å². The van der Waals surface area contributed by atoms with Crippen molar-refractivity contribution in [2.75, 3.05) is 19.6 Å². The van der Waals surface area contributed by atoms with Crippen LogP contribution in [0.3, 0.4) is 0 Å². The Morgan fingerprint density at radius 3 is 2.74 bits per heavy atom. The lowest BCUT2D eigenvalue weighted by molar-refractivity contribution is -0.122. The van der Waals surface area contributed by atoms with Gasteiger partial charge in [-0.05, 0) is 75.7 Å². The third-order valence-corrected chi connectivity index (χ3v) is 6.80. The number of piperidine rings is 1. The molecule has 11 nitrogen and oxygen atoms in total. The van der Waals surface area contributed by atoms with Crippen LogP contribution in [0.1, 0.15) is 48.4 Å². The molecule has 11 heteroatoms. The van der Waals surface area contributed by atoms with Crippen LogP contribution in [-0.4, -0.2) is 52.9 Å². The average Bonchev–Trinajstić information content (AvgIpc) is 3.35. The van der Waals surface area contributed by atoms with Crippen LogP contribution in [0.5, 0.6) is 0 Å². The van der Waals surface area contributed by atoms with E-state index in [2.05, 4.69) is 20.6 Å². The van der Waals surface area contributed by atoms with Gasteiger partial charge >= 0.3 is 0 Å². The molecule has 1 saturated heterocycles. The summed E-state index contributed by atoms with van der Waals surface area (Å²) in [5.41, 5.74) is 12.3. The Kier molecular flexibility index (Phi) is 9.26. The second-order valence-electron chi connectivity index (χ2n) is 9.62. The van der Waals surface area contributed by atoms with Gasteiger partial charge in [-0.15, -0.1) is 0 Å². The molecule has 3 aromatic rings. The highest BCUT2D eigenvalue weighted by atomic mass is 16.4. The van der Waals surface area contributed by atoms with Crippen LogP contribution in [0.4, 0.5) is 0 Å². The second-order valence-corrected chi connectivity index (χ2v) is 9.62. The van der Waals surface area contributed by atoms with Gasteiger partial charge in [-0.2, -0.15) is 0 Å². The molecule has 1 atom stereocenters. The molecule has 1 amide bonds. The van der Waals surface area contributed by atoms with E-state index in [4.69, 9.17) is 15.9 Å². The van der Waals surface area contributed by atoms with E-state index in [1.165, 1.54) is 4.57 Å². The zero-order valence-electron chi connectivity index (χ0n) is 21.4. The third kappa shape index (κ3) is 7.28. The van der Waals surface area contributed by atoms with Crippen molar-refractivity contribution in [3.63, 3.8) is 0 Å². The van der Waals surface area contributed by atoms with E-state index >= 15 is 0 Å². The summed E-state index contributed by atoms with van der Waals surface area (Å²) >= 11 is 0. The standard InChI is InChI=1S/C27H35N7O4/c28-27(29)31-13-3-7-21(24(36)25-33-20-6-1-2-8-22(20)38-25)32-23(35)17-34-16-4-5-19(26(34)37)10-9-18-11-14-30-15-12-18/h1-2,4-6,8,16,18,21,30H,3,7,9-15,17H2,(H,32,35)(H4,28,29,31)/t21-/m0/s1. The number of pyridine rings is 1. The second kappa shape index (κ2) is 13.0. The number of nitrogens with zero attached hydrogens (tertiary/aromatic N) is 3. The first kappa shape index (κ1) is 27.1. The van der Waals surface area contributed by atoms with Gasteiger partial charge in [-0.3, -0.25) is 19.4 Å². The van der Waals surface area contributed by atoms with Crippen LogP contribution in [0.15, 0.2) is 56.8 Å². The molecule has 0 unspecified atom stereocenters. The SMILES string of the molecule is NC(N)=NCCC[C@H](NC(=O)Cn1cccc(CCC2CCNCC2)c1=O)C(=O)c1nc2ccccc2o1. The highest BCUT2D eigenvalue weighted by Crippen LogP contribution is 2.18. The van der Waals surface area contributed by atoms with Crippen molar-refractivity contribution >= 4 is 28.7 Å². The van der Waals surface area contributed by atoms with Crippen molar-refractivity contribution in [1.29, 1.82) is 0 Å². The molecule has 0 saturated carbocycles. The van der Waals surface area contributed by atoms with E-state index in [0.29, 0.717) is 42.0 Å². The number of ketones is 1. The molecule has 38 heavy (non-hydrogen) atoms. The molecule has 4 rings (SSSR count). The van der Waals surface area contributed by atoms with Crippen molar-refractivity contribution in [1.82, 2.24) is 20.2 Å². The maximum Gasteiger partial charge on any atom is 0.266 e. The van der Waals surface area contributed by atoms with Crippen molar-refractivity contribution < 1.29 is 14.0 Å². The van der Waals surface area contributed by atoms with Crippen molar-refractivity contribution in [2.24, 2.45) is 22.4 Å². The summed E-state index contributed by atoms with van der Waals surface area (Å²) in [6.07, 6.45) is 6.16. The number of aromatic nitrogens is 2. The normalized spacial score (nSPS) is 14.7. The lowest BCUT2D eigenvalue weighted by atomic mass is 9.92. The van der Waals surface area contributed by atoms with Crippen LogP contribution in [0.25, 0.3) is 11.1 Å². The zero-order chi connectivity index (χ0) is 26.9. The number of rotatable bonds is 12. The minimum atomic E-state index is -0.913. The van der Waals surface area contributed by atoms with Crippen LogP contribution < -0.4 is 27.7 Å². The molecule has 6 N–H and O–H groups in total. The lowest BCUT2D eigenvalue weighted by Gasteiger charge is -2.22. The molecule has 1 aliphatic rings. The highest BCUT2D eigenvalue weighted by Gasteiger charge is 2.26. The molecule has 1 fully saturated rings. The summed E-state index contributed by atoms with van der Waals surface area (Å²) in [7, 11) is 0. The number of nitrogens with two attached hydrogens (primary N) is 2. The highest BCUT2D eigenvalue weighted by molar-refractivity contribution is 6.00. The largest absolute Gasteiger partial charge is 0.434 e. The number of guanidine groups is 1. The Hall–Kier alpha value is -3.99. The maximum absolute atomic E-state index is 13.3. The lowest BCUT2D eigenvalue weighted by Crippen LogP contribution is -2.43. The van der Waals surface area contributed by atoms with Crippen molar-refractivity contribution in [3.05, 3.63) is 64.4 Å². The summed E-state index contributed by atoms with van der Waals surface area (Å²) < 4.78 is 7.01. The minimum Gasteiger partial charge on any atom is -0.434 e. The number of benzene rings is 1. The molecule has 1 aromatic carbocycles. The Bertz CT molecular complexity index is 1300. The van der Waals surface area contributed by atoms with E-state index in [0.717, 1.165) is 32.4 Å². The monoisotopic (exact) mass is 521 g/mol. The Morgan fingerprint density at radius 2 is 1.97 bits per heavy atom. The fourth-order valence-corrected chi connectivity index (χ4v) is 4.73. The number of carbonyl (C=O) groups excluding carboxylic acids is 2. The molecule has 0 bridgehead atoms. The first-order valence-corrected chi connectivity index (χ1v) is 13.0. The number of hydrogen-bond donors (Lipinski definition) is 4. The van der Waals surface area contributed by atoms with Gasteiger partial charge in [-0.25, -0.2) is 4.98 Å². The predicted octanol–water partition coefficient (Wildman–Crippen LogP) is 1.34. The molecule has 0 radical (unpaired) electrons. The molecule has 3 heterocycles. The van der Waals surface area contributed by atoms with Gasteiger partial charge in [-0.1, -0.05) is 18.2 Å².